The second-order valence-corrected chi connectivity index (χ2v) is 3.60. The molecular formula is C10H16O4. The third-order valence-corrected chi connectivity index (χ3v) is 2.31. The van der Waals surface area contributed by atoms with Crippen molar-refractivity contribution in [2.75, 3.05) is 0 Å². The first-order valence-corrected chi connectivity index (χ1v) is 4.98. The molecule has 0 radical (unpaired) electrons. The van der Waals surface area contributed by atoms with Crippen molar-refractivity contribution in [1.82, 2.24) is 0 Å². The molecule has 1 heterocycles. The average Bonchev–Trinajstić information content (AvgIpc) is 2.11. The second kappa shape index (κ2) is 4.98. The van der Waals surface area contributed by atoms with E-state index in [1.807, 2.05) is 0 Å². The van der Waals surface area contributed by atoms with Gasteiger partial charge in [0.1, 0.15) is 12.2 Å². The lowest BCUT2D eigenvalue weighted by Gasteiger charge is -2.22. The van der Waals surface area contributed by atoms with E-state index in [0.29, 0.717) is 25.7 Å². The molecule has 0 aliphatic carbocycles. The van der Waals surface area contributed by atoms with E-state index in [-0.39, 0.29) is 24.1 Å². The molecule has 4 nitrogen and oxygen atoms in total. The SMILES string of the molecule is CC1OC(=O)CCCCC(=O)OC1C. The molecule has 0 saturated carbocycles. The number of ether oxygens (including phenoxy) is 2. The van der Waals surface area contributed by atoms with Crippen LogP contribution in [-0.2, 0) is 19.1 Å². The summed E-state index contributed by atoms with van der Waals surface area (Å²) in [6, 6.07) is 0. The van der Waals surface area contributed by atoms with Crippen LogP contribution in [0.4, 0.5) is 0 Å². The van der Waals surface area contributed by atoms with E-state index >= 15 is 0 Å². The van der Waals surface area contributed by atoms with E-state index in [0.717, 1.165) is 0 Å². The molecule has 0 aromatic heterocycles. The minimum Gasteiger partial charge on any atom is -0.459 e. The fraction of sp³-hybridized carbons (Fsp3) is 0.800. The Balaban J connectivity index is 2.55. The van der Waals surface area contributed by atoms with Crippen LogP contribution in [0, 0.1) is 0 Å². The summed E-state index contributed by atoms with van der Waals surface area (Å²) >= 11 is 0. The van der Waals surface area contributed by atoms with E-state index in [1.54, 1.807) is 13.8 Å². The summed E-state index contributed by atoms with van der Waals surface area (Å²) in [7, 11) is 0. The summed E-state index contributed by atoms with van der Waals surface area (Å²) in [6.07, 6.45) is 1.45. The van der Waals surface area contributed by atoms with Gasteiger partial charge in [0.25, 0.3) is 0 Å². The molecular weight excluding hydrogens is 184 g/mol. The van der Waals surface area contributed by atoms with Crippen molar-refractivity contribution in [2.24, 2.45) is 0 Å². The van der Waals surface area contributed by atoms with Crippen molar-refractivity contribution in [1.29, 1.82) is 0 Å². The first kappa shape index (κ1) is 11.0. The lowest BCUT2D eigenvalue weighted by Crippen LogP contribution is -2.31. The van der Waals surface area contributed by atoms with Gasteiger partial charge in [-0.15, -0.1) is 0 Å². The molecule has 80 valence electrons. The number of hydrogen-bond acceptors (Lipinski definition) is 4. The van der Waals surface area contributed by atoms with Crippen LogP contribution in [-0.4, -0.2) is 24.1 Å². The zero-order valence-electron chi connectivity index (χ0n) is 8.62. The Labute approximate surface area is 83.6 Å². The first-order chi connectivity index (χ1) is 6.59. The molecule has 4 heteroatoms. The number of hydrogen-bond donors (Lipinski definition) is 0. The standard InChI is InChI=1S/C10H16O4/c1-7-8(2)14-10(12)6-4-3-5-9(11)13-7/h7-8H,3-6H2,1-2H3. The van der Waals surface area contributed by atoms with Gasteiger partial charge in [-0.2, -0.15) is 0 Å². The van der Waals surface area contributed by atoms with Crippen LogP contribution in [0.25, 0.3) is 0 Å². The molecule has 14 heavy (non-hydrogen) atoms. The highest BCUT2D eigenvalue weighted by molar-refractivity contribution is 5.71. The van der Waals surface area contributed by atoms with Gasteiger partial charge in [0.2, 0.25) is 0 Å². The predicted octanol–water partition coefficient (Wildman–Crippen LogP) is 1.42. The third-order valence-electron chi connectivity index (χ3n) is 2.31. The number of esters is 2. The minimum atomic E-state index is -0.357. The van der Waals surface area contributed by atoms with Gasteiger partial charge in [0.05, 0.1) is 0 Å². The van der Waals surface area contributed by atoms with Crippen LogP contribution < -0.4 is 0 Å². The van der Waals surface area contributed by atoms with E-state index in [9.17, 15) is 9.59 Å². The highest BCUT2D eigenvalue weighted by Crippen LogP contribution is 2.12. The molecule has 0 aromatic carbocycles. The molecule has 2 atom stereocenters. The Morgan fingerprint density at radius 3 is 1.64 bits per heavy atom. The van der Waals surface area contributed by atoms with Gasteiger partial charge in [-0.25, -0.2) is 0 Å². The zero-order valence-corrected chi connectivity index (χ0v) is 8.62. The van der Waals surface area contributed by atoms with Crippen molar-refractivity contribution in [3.8, 4) is 0 Å². The van der Waals surface area contributed by atoms with Gasteiger partial charge in [-0.3, -0.25) is 9.59 Å². The Bertz CT molecular complexity index is 200. The largest absolute Gasteiger partial charge is 0.459 e. The van der Waals surface area contributed by atoms with E-state index in [1.165, 1.54) is 0 Å². The normalized spacial score (nSPS) is 30.4. The van der Waals surface area contributed by atoms with Crippen molar-refractivity contribution in [2.45, 2.75) is 51.7 Å². The highest BCUT2D eigenvalue weighted by Gasteiger charge is 2.21. The van der Waals surface area contributed by atoms with Gasteiger partial charge in [0, 0.05) is 12.8 Å². The van der Waals surface area contributed by atoms with Crippen molar-refractivity contribution < 1.29 is 19.1 Å². The monoisotopic (exact) mass is 200 g/mol. The lowest BCUT2D eigenvalue weighted by atomic mass is 10.1. The van der Waals surface area contributed by atoms with Crippen LogP contribution >= 0.6 is 0 Å². The summed E-state index contributed by atoms with van der Waals surface area (Å²) in [5, 5.41) is 0. The molecule has 1 aliphatic rings. The summed E-state index contributed by atoms with van der Waals surface area (Å²) in [5.41, 5.74) is 0. The summed E-state index contributed by atoms with van der Waals surface area (Å²) < 4.78 is 10.1. The molecule has 0 spiro atoms. The maximum Gasteiger partial charge on any atom is 0.306 e. The lowest BCUT2D eigenvalue weighted by molar-refractivity contribution is -0.166. The zero-order chi connectivity index (χ0) is 10.6. The van der Waals surface area contributed by atoms with E-state index in [4.69, 9.17) is 9.47 Å². The van der Waals surface area contributed by atoms with Crippen LogP contribution in [0.1, 0.15) is 39.5 Å². The quantitative estimate of drug-likeness (QED) is 0.555. The summed E-state index contributed by atoms with van der Waals surface area (Å²) in [6.45, 7) is 3.47. The molecule has 1 fully saturated rings. The van der Waals surface area contributed by atoms with E-state index in [2.05, 4.69) is 0 Å². The molecule has 0 bridgehead atoms. The second-order valence-electron chi connectivity index (χ2n) is 3.60. The number of cyclic esters (lactones) is 2. The number of rotatable bonds is 0. The maximum absolute atomic E-state index is 11.2. The maximum atomic E-state index is 11.2. The number of carbonyl (C=O) groups excluding carboxylic acids is 2. The van der Waals surface area contributed by atoms with Gasteiger partial charge in [0.15, 0.2) is 0 Å². The summed E-state index contributed by atoms with van der Waals surface area (Å²) in [5.74, 6) is -0.412. The van der Waals surface area contributed by atoms with Crippen LogP contribution in [0.2, 0.25) is 0 Å². The Hall–Kier alpha value is -1.06. The third kappa shape index (κ3) is 3.36. The predicted molar refractivity (Wildman–Crippen MR) is 49.6 cm³/mol. The number of carbonyl (C=O) groups is 2. The molecule has 0 amide bonds. The summed E-state index contributed by atoms with van der Waals surface area (Å²) in [4.78, 5) is 22.4. The fourth-order valence-corrected chi connectivity index (χ4v) is 1.26. The van der Waals surface area contributed by atoms with Gasteiger partial charge in [-0.1, -0.05) is 0 Å². The van der Waals surface area contributed by atoms with Gasteiger partial charge < -0.3 is 9.47 Å². The van der Waals surface area contributed by atoms with Gasteiger partial charge >= 0.3 is 11.9 Å². The molecule has 1 saturated heterocycles. The molecule has 0 aromatic rings. The van der Waals surface area contributed by atoms with Crippen LogP contribution in [0.3, 0.4) is 0 Å². The first-order valence-electron chi connectivity index (χ1n) is 4.98. The van der Waals surface area contributed by atoms with Gasteiger partial charge in [-0.05, 0) is 26.7 Å². The van der Waals surface area contributed by atoms with Crippen molar-refractivity contribution >= 4 is 11.9 Å². The van der Waals surface area contributed by atoms with Crippen LogP contribution in [0.5, 0.6) is 0 Å². The molecule has 1 aliphatic heterocycles. The van der Waals surface area contributed by atoms with Crippen molar-refractivity contribution in [3.63, 3.8) is 0 Å². The molecule has 1 rings (SSSR count). The highest BCUT2D eigenvalue weighted by atomic mass is 16.6. The van der Waals surface area contributed by atoms with Crippen molar-refractivity contribution in [3.05, 3.63) is 0 Å². The smallest absolute Gasteiger partial charge is 0.306 e. The van der Waals surface area contributed by atoms with Crippen LogP contribution in [0.15, 0.2) is 0 Å². The Morgan fingerprint density at radius 1 is 0.929 bits per heavy atom. The Morgan fingerprint density at radius 2 is 1.29 bits per heavy atom. The molecule has 2 unspecified atom stereocenters. The topological polar surface area (TPSA) is 52.6 Å². The van der Waals surface area contributed by atoms with E-state index < -0.39 is 0 Å². The minimum absolute atomic E-state index is 0.206. The molecule has 0 N–H and O–H groups in total. The fourth-order valence-electron chi connectivity index (χ4n) is 1.26. The Kier molecular flexibility index (Phi) is 3.92. The average molecular weight is 200 g/mol.